The number of carbonyl (C=O) groups is 1. The minimum atomic E-state index is -0.341. The molecule has 0 spiro atoms. The van der Waals surface area contributed by atoms with Crippen molar-refractivity contribution < 1.29 is 13.9 Å². The van der Waals surface area contributed by atoms with Crippen LogP contribution in [0.15, 0.2) is 54.2 Å². The number of halogens is 1. The van der Waals surface area contributed by atoms with E-state index in [2.05, 4.69) is 28.5 Å². The topological polar surface area (TPSA) is 51.2 Å². The van der Waals surface area contributed by atoms with Gasteiger partial charge in [-0.2, -0.15) is 0 Å². The third-order valence-electron chi connectivity index (χ3n) is 6.49. The van der Waals surface area contributed by atoms with E-state index in [4.69, 9.17) is 4.74 Å². The molecule has 0 saturated heterocycles. The lowest BCUT2D eigenvalue weighted by atomic mass is 9.95. The third-order valence-corrected chi connectivity index (χ3v) is 6.49. The standard InChI is InChI=1S/C27H21FN2O2/c1-15-23(14-30-27-26(15)29-6-7-32-27)21-13-20-19(11-24(21)28)12-25(31)22(20)10-16-8-17-4-2-3-5-18(17)9-16/h2-5,8,10-11,13-14,29H,6-7,9,12H2,1H3/b22-10-. The molecule has 0 fully saturated rings. The lowest BCUT2D eigenvalue weighted by Crippen LogP contribution is -2.20. The summed E-state index contributed by atoms with van der Waals surface area (Å²) in [7, 11) is 0. The van der Waals surface area contributed by atoms with Crippen LogP contribution in [0, 0.1) is 12.7 Å². The van der Waals surface area contributed by atoms with E-state index >= 15 is 4.39 Å². The number of hydrogen-bond donors (Lipinski definition) is 1. The number of fused-ring (bicyclic) bond motifs is 3. The van der Waals surface area contributed by atoms with Crippen molar-refractivity contribution in [2.24, 2.45) is 0 Å². The fourth-order valence-electron chi connectivity index (χ4n) is 4.87. The Kier molecular flexibility index (Phi) is 4.25. The normalized spacial score (nSPS) is 17.4. The Hall–Kier alpha value is -3.73. The minimum absolute atomic E-state index is 0.0313. The van der Waals surface area contributed by atoms with Crippen molar-refractivity contribution in [3.05, 3.63) is 87.9 Å². The Balaban J connectivity index is 1.44. The molecule has 5 heteroatoms. The number of hydrogen-bond acceptors (Lipinski definition) is 4. The van der Waals surface area contributed by atoms with Crippen LogP contribution in [0.25, 0.3) is 22.8 Å². The van der Waals surface area contributed by atoms with Crippen LogP contribution < -0.4 is 10.1 Å². The summed E-state index contributed by atoms with van der Waals surface area (Å²) < 4.78 is 20.8. The van der Waals surface area contributed by atoms with Gasteiger partial charge in [0.2, 0.25) is 5.88 Å². The van der Waals surface area contributed by atoms with E-state index in [9.17, 15) is 4.79 Å². The number of Topliss-reactive ketones (excluding diaryl/α,β-unsaturated/α-hetero) is 1. The zero-order chi connectivity index (χ0) is 21.8. The molecule has 0 radical (unpaired) electrons. The average Bonchev–Trinajstić information content (AvgIpc) is 3.34. The van der Waals surface area contributed by atoms with Crippen molar-refractivity contribution in [3.8, 4) is 17.0 Å². The smallest absolute Gasteiger partial charge is 0.237 e. The van der Waals surface area contributed by atoms with Crippen LogP contribution in [0.3, 0.4) is 0 Å². The maximum Gasteiger partial charge on any atom is 0.237 e. The number of aromatic nitrogens is 1. The lowest BCUT2D eigenvalue weighted by molar-refractivity contribution is -0.112. The molecule has 3 aliphatic rings. The first-order valence-corrected chi connectivity index (χ1v) is 10.8. The van der Waals surface area contributed by atoms with Gasteiger partial charge in [-0.1, -0.05) is 30.3 Å². The van der Waals surface area contributed by atoms with Gasteiger partial charge in [-0.05, 0) is 64.9 Å². The van der Waals surface area contributed by atoms with Crippen LogP contribution in [0.5, 0.6) is 5.88 Å². The molecular weight excluding hydrogens is 403 g/mol. The van der Waals surface area contributed by atoms with Crippen LogP contribution >= 0.6 is 0 Å². The van der Waals surface area contributed by atoms with Gasteiger partial charge in [-0.3, -0.25) is 4.79 Å². The van der Waals surface area contributed by atoms with Crippen molar-refractivity contribution in [2.45, 2.75) is 19.8 Å². The number of ether oxygens (including phenoxy) is 1. The highest BCUT2D eigenvalue weighted by Gasteiger charge is 2.28. The van der Waals surface area contributed by atoms with Crippen molar-refractivity contribution >= 4 is 23.1 Å². The van der Waals surface area contributed by atoms with Gasteiger partial charge in [0.15, 0.2) is 5.78 Å². The van der Waals surface area contributed by atoms with E-state index in [0.717, 1.165) is 34.4 Å². The van der Waals surface area contributed by atoms with Crippen molar-refractivity contribution in [1.29, 1.82) is 0 Å². The average molecular weight is 424 g/mol. The maximum absolute atomic E-state index is 15.2. The molecule has 0 amide bonds. The highest BCUT2D eigenvalue weighted by atomic mass is 19.1. The highest BCUT2D eigenvalue weighted by Crippen LogP contribution is 2.40. The van der Waals surface area contributed by atoms with E-state index in [1.54, 1.807) is 6.20 Å². The molecule has 3 aromatic rings. The number of allylic oxidation sites excluding steroid dienone is 3. The number of ketones is 1. The SMILES string of the molecule is Cc1c(-c2cc3c(cc2F)CC(=O)/C3=C\C2=Cc3ccccc3C2)cnc2c1NCCO2. The summed E-state index contributed by atoms with van der Waals surface area (Å²) in [6, 6.07) is 11.6. The second-order valence-electron chi connectivity index (χ2n) is 8.49. The Morgan fingerprint density at radius 3 is 2.84 bits per heavy atom. The molecule has 0 unspecified atom stereocenters. The molecule has 0 bridgehead atoms. The summed E-state index contributed by atoms with van der Waals surface area (Å²) in [5, 5.41) is 3.30. The highest BCUT2D eigenvalue weighted by molar-refractivity contribution is 6.26. The van der Waals surface area contributed by atoms with Crippen LogP contribution in [-0.2, 0) is 17.6 Å². The minimum Gasteiger partial charge on any atom is -0.474 e. The predicted octanol–water partition coefficient (Wildman–Crippen LogP) is 5.15. The Morgan fingerprint density at radius 2 is 1.97 bits per heavy atom. The Bertz CT molecular complexity index is 1370. The summed E-state index contributed by atoms with van der Waals surface area (Å²) in [4.78, 5) is 17.2. The molecule has 1 aromatic heterocycles. The molecule has 2 heterocycles. The Morgan fingerprint density at radius 1 is 1.09 bits per heavy atom. The zero-order valence-electron chi connectivity index (χ0n) is 17.7. The van der Waals surface area contributed by atoms with E-state index in [1.807, 2.05) is 31.2 Å². The van der Waals surface area contributed by atoms with Crippen LogP contribution in [0.4, 0.5) is 10.1 Å². The van der Waals surface area contributed by atoms with Gasteiger partial charge in [-0.25, -0.2) is 9.37 Å². The second-order valence-corrected chi connectivity index (χ2v) is 8.49. The number of nitrogens with one attached hydrogen (secondary N) is 1. The molecular formula is C27H21FN2O2. The summed E-state index contributed by atoms with van der Waals surface area (Å²) >= 11 is 0. The van der Waals surface area contributed by atoms with Crippen LogP contribution in [0.1, 0.15) is 27.8 Å². The maximum atomic E-state index is 15.2. The van der Waals surface area contributed by atoms with E-state index < -0.39 is 0 Å². The van der Waals surface area contributed by atoms with Crippen LogP contribution in [-0.4, -0.2) is 23.9 Å². The molecule has 1 aliphatic heterocycles. The first-order chi connectivity index (χ1) is 15.6. The fourth-order valence-corrected chi connectivity index (χ4v) is 4.87. The Labute approximate surface area is 185 Å². The molecule has 1 N–H and O–H groups in total. The fraction of sp³-hybridized carbons (Fsp3) is 0.185. The van der Waals surface area contributed by atoms with Gasteiger partial charge >= 0.3 is 0 Å². The molecule has 6 rings (SSSR count). The second kappa shape index (κ2) is 7.16. The molecule has 158 valence electrons. The number of pyridine rings is 1. The van der Waals surface area contributed by atoms with Crippen molar-refractivity contribution in [2.75, 3.05) is 18.5 Å². The van der Waals surface area contributed by atoms with Gasteiger partial charge in [0.05, 0.1) is 0 Å². The predicted molar refractivity (Wildman–Crippen MR) is 123 cm³/mol. The molecule has 2 aliphatic carbocycles. The van der Waals surface area contributed by atoms with Gasteiger partial charge in [0.1, 0.15) is 18.1 Å². The molecule has 0 atom stereocenters. The molecule has 4 nitrogen and oxygen atoms in total. The number of carbonyl (C=O) groups excluding carboxylic acids is 1. The largest absolute Gasteiger partial charge is 0.474 e. The number of benzene rings is 2. The molecule has 32 heavy (non-hydrogen) atoms. The number of rotatable bonds is 2. The quantitative estimate of drug-likeness (QED) is 0.578. The number of anilines is 1. The van der Waals surface area contributed by atoms with Gasteiger partial charge in [-0.15, -0.1) is 0 Å². The first kappa shape index (κ1) is 19.0. The van der Waals surface area contributed by atoms with Crippen molar-refractivity contribution in [3.63, 3.8) is 0 Å². The van der Waals surface area contributed by atoms with Crippen molar-refractivity contribution in [1.82, 2.24) is 4.98 Å². The number of nitrogens with zero attached hydrogens (tertiary/aromatic N) is 1. The summed E-state index contributed by atoms with van der Waals surface area (Å²) in [5.41, 5.74) is 8.60. The summed E-state index contributed by atoms with van der Waals surface area (Å²) in [6.07, 6.45) is 6.79. The first-order valence-electron chi connectivity index (χ1n) is 10.8. The lowest BCUT2D eigenvalue weighted by Gasteiger charge is -2.21. The van der Waals surface area contributed by atoms with Gasteiger partial charge < -0.3 is 10.1 Å². The summed E-state index contributed by atoms with van der Waals surface area (Å²) in [6.45, 7) is 3.18. The summed E-state index contributed by atoms with van der Waals surface area (Å²) in [5.74, 6) is 0.234. The molecule has 0 saturated carbocycles. The third kappa shape index (κ3) is 2.96. The van der Waals surface area contributed by atoms with Gasteiger partial charge in [0.25, 0.3) is 0 Å². The van der Waals surface area contributed by atoms with Crippen LogP contribution in [0.2, 0.25) is 0 Å². The zero-order valence-corrected chi connectivity index (χ0v) is 17.7. The van der Waals surface area contributed by atoms with E-state index in [1.165, 1.54) is 17.2 Å². The van der Waals surface area contributed by atoms with E-state index in [0.29, 0.717) is 35.7 Å². The molecule has 2 aromatic carbocycles. The van der Waals surface area contributed by atoms with Gasteiger partial charge in [0, 0.05) is 35.9 Å². The van der Waals surface area contributed by atoms with E-state index in [-0.39, 0.29) is 18.0 Å². The monoisotopic (exact) mass is 424 g/mol.